The molecule has 0 unspecified atom stereocenters. The zero-order chi connectivity index (χ0) is 25.4. The van der Waals surface area contributed by atoms with Gasteiger partial charge in [0.25, 0.3) is 0 Å². The third-order valence-electron chi connectivity index (χ3n) is 6.54. The highest BCUT2D eigenvalue weighted by molar-refractivity contribution is 7.80. The van der Waals surface area contributed by atoms with E-state index in [2.05, 4.69) is 20.9 Å². The highest BCUT2D eigenvalue weighted by Crippen LogP contribution is 2.43. The van der Waals surface area contributed by atoms with Gasteiger partial charge in [0.2, 0.25) is 0 Å². The van der Waals surface area contributed by atoms with Crippen LogP contribution < -0.4 is 10.2 Å². The van der Waals surface area contributed by atoms with E-state index >= 15 is 0 Å². The number of esters is 1. The molecule has 2 aromatic heterocycles. The molecule has 1 fully saturated rings. The first-order valence-electron chi connectivity index (χ1n) is 11.5. The number of methoxy groups -OCH3 is 1. The number of nitrogens with zero attached hydrogens (tertiary/aromatic N) is 3. The van der Waals surface area contributed by atoms with E-state index in [4.69, 9.17) is 17.0 Å². The van der Waals surface area contributed by atoms with Crippen molar-refractivity contribution in [3.05, 3.63) is 113 Å². The molecule has 4 aromatic rings. The minimum atomic E-state index is -0.400. The first-order chi connectivity index (χ1) is 17.4. The summed E-state index contributed by atoms with van der Waals surface area (Å²) in [6.07, 6.45) is 1.76. The van der Waals surface area contributed by atoms with Crippen LogP contribution in [-0.4, -0.2) is 27.7 Å². The summed E-state index contributed by atoms with van der Waals surface area (Å²) in [5, 5.41) is 3.96. The summed E-state index contributed by atoms with van der Waals surface area (Å²) in [6, 6.07) is 21.1. The van der Waals surface area contributed by atoms with Crippen LogP contribution in [-0.2, 0) is 4.74 Å². The van der Waals surface area contributed by atoms with E-state index in [9.17, 15) is 9.18 Å². The Morgan fingerprint density at radius 2 is 1.78 bits per heavy atom. The molecule has 8 heteroatoms. The number of hydrogen-bond acceptors (Lipinski definition) is 4. The summed E-state index contributed by atoms with van der Waals surface area (Å²) in [5.41, 5.74) is 5.75. The minimum Gasteiger partial charge on any atom is -0.465 e. The molecule has 0 aliphatic carbocycles. The van der Waals surface area contributed by atoms with Crippen molar-refractivity contribution in [2.45, 2.75) is 25.9 Å². The first-order valence-corrected chi connectivity index (χ1v) is 11.9. The Balaban J connectivity index is 1.69. The van der Waals surface area contributed by atoms with Gasteiger partial charge in [-0.2, -0.15) is 0 Å². The number of thiocarbonyl (C=S) groups is 1. The zero-order valence-electron chi connectivity index (χ0n) is 20.1. The molecule has 2 aromatic carbocycles. The molecule has 0 spiro atoms. The van der Waals surface area contributed by atoms with Crippen molar-refractivity contribution in [1.29, 1.82) is 0 Å². The van der Waals surface area contributed by atoms with Crippen molar-refractivity contribution >= 4 is 29.0 Å². The number of carbonyl (C=O) groups excluding carboxylic acids is 1. The molecule has 2 atom stereocenters. The second-order valence-electron chi connectivity index (χ2n) is 8.64. The topological polar surface area (TPSA) is 59.4 Å². The lowest BCUT2D eigenvalue weighted by Crippen LogP contribution is -2.29. The molecule has 1 N–H and O–H groups in total. The molecular weight excluding hydrogens is 475 g/mol. The lowest BCUT2D eigenvalue weighted by molar-refractivity contribution is 0.0600. The monoisotopic (exact) mass is 500 g/mol. The average Bonchev–Trinajstić information content (AvgIpc) is 3.39. The number of hydrogen-bond donors (Lipinski definition) is 1. The Bertz CT molecular complexity index is 1440. The van der Waals surface area contributed by atoms with Gasteiger partial charge in [-0.3, -0.25) is 4.98 Å². The molecule has 0 bridgehead atoms. The summed E-state index contributed by atoms with van der Waals surface area (Å²) >= 11 is 5.78. The van der Waals surface area contributed by atoms with Crippen LogP contribution in [0.2, 0.25) is 0 Å². The smallest absolute Gasteiger partial charge is 0.339 e. The number of para-hydroxylation sites is 1. The predicted octanol–water partition coefficient (Wildman–Crippen LogP) is 5.59. The summed E-state index contributed by atoms with van der Waals surface area (Å²) in [5.74, 6) is -0.713. The van der Waals surface area contributed by atoms with Crippen molar-refractivity contribution in [1.82, 2.24) is 14.9 Å². The van der Waals surface area contributed by atoms with Gasteiger partial charge in [0.05, 0.1) is 36.1 Å². The van der Waals surface area contributed by atoms with Gasteiger partial charge in [0, 0.05) is 23.3 Å². The standard InChI is InChI=1S/C28H25FN4O2S/c1-17-16-22(18(2)32(17)24-10-5-4-8-21(24)27(34)35-3)26-25(23-9-6-7-15-30-23)31-28(36)33(26)20-13-11-19(29)12-14-20/h4-16,25-26H,1-3H3,(H,31,36)/t25-,26-/m0/s1. The Morgan fingerprint density at radius 3 is 2.47 bits per heavy atom. The van der Waals surface area contributed by atoms with Gasteiger partial charge in [-0.15, -0.1) is 0 Å². The molecular formula is C28H25FN4O2S. The Labute approximate surface area is 214 Å². The van der Waals surface area contributed by atoms with Gasteiger partial charge in [0.1, 0.15) is 5.82 Å². The largest absolute Gasteiger partial charge is 0.465 e. The van der Waals surface area contributed by atoms with Crippen LogP contribution in [0.5, 0.6) is 0 Å². The number of benzene rings is 2. The molecule has 6 nitrogen and oxygen atoms in total. The summed E-state index contributed by atoms with van der Waals surface area (Å²) in [7, 11) is 1.38. The van der Waals surface area contributed by atoms with Crippen molar-refractivity contribution in [2.24, 2.45) is 0 Å². The van der Waals surface area contributed by atoms with Crippen LogP contribution in [0.1, 0.15) is 45.1 Å². The maximum absolute atomic E-state index is 13.8. The van der Waals surface area contributed by atoms with Gasteiger partial charge in [-0.05, 0) is 86.2 Å². The van der Waals surface area contributed by atoms with E-state index in [0.29, 0.717) is 10.7 Å². The zero-order valence-corrected chi connectivity index (χ0v) is 20.9. The first kappa shape index (κ1) is 23.7. The molecule has 5 rings (SSSR count). The van der Waals surface area contributed by atoms with E-state index in [1.54, 1.807) is 24.4 Å². The fraction of sp³-hybridized carbons (Fsp3) is 0.179. The maximum Gasteiger partial charge on any atom is 0.339 e. The van der Waals surface area contributed by atoms with Crippen LogP contribution >= 0.6 is 12.2 Å². The van der Waals surface area contributed by atoms with Gasteiger partial charge in [-0.25, -0.2) is 9.18 Å². The van der Waals surface area contributed by atoms with Gasteiger partial charge < -0.3 is 19.5 Å². The molecule has 0 amide bonds. The Kier molecular flexibility index (Phi) is 6.28. The van der Waals surface area contributed by atoms with E-state index < -0.39 is 5.97 Å². The second-order valence-corrected chi connectivity index (χ2v) is 9.03. The SMILES string of the molecule is COC(=O)c1ccccc1-n1c(C)cc([C@H]2[C@H](c3ccccn3)NC(=S)N2c2ccc(F)cc2)c1C. The summed E-state index contributed by atoms with van der Waals surface area (Å²) < 4.78 is 20.8. The molecule has 0 radical (unpaired) electrons. The van der Waals surface area contributed by atoms with Crippen LogP contribution in [0.15, 0.2) is 79.0 Å². The molecule has 182 valence electrons. The Hall–Kier alpha value is -4.04. The molecule has 1 aliphatic heterocycles. The predicted molar refractivity (Wildman–Crippen MR) is 141 cm³/mol. The summed E-state index contributed by atoms with van der Waals surface area (Å²) in [6.45, 7) is 4.03. The van der Waals surface area contributed by atoms with Gasteiger partial charge in [-0.1, -0.05) is 18.2 Å². The molecule has 1 aliphatic rings. The molecule has 3 heterocycles. The molecule has 0 saturated carbocycles. The number of carbonyl (C=O) groups is 1. The van der Waals surface area contributed by atoms with E-state index in [0.717, 1.165) is 34.0 Å². The number of pyridine rings is 1. The van der Waals surface area contributed by atoms with E-state index in [1.807, 2.05) is 55.1 Å². The number of ether oxygens (including phenoxy) is 1. The number of aryl methyl sites for hydroxylation is 1. The maximum atomic E-state index is 13.8. The number of halogens is 1. The quantitative estimate of drug-likeness (QED) is 0.285. The Morgan fingerprint density at radius 1 is 1.06 bits per heavy atom. The number of nitrogens with one attached hydrogen (secondary N) is 1. The molecule has 1 saturated heterocycles. The van der Waals surface area contributed by atoms with Crippen molar-refractivity contribution in [3.63, 3.8) is 0 Å². The second kappa shape index (κ2) is 9.54. The number of aromatic nitrogens is 2. The fourth-order valence-corrected chi connectivity index (χ4v) is 5.31. The summed E-state index contributed by atoms with van der Waals surface area (Å²) in [4.78, 5) is 19.1. The number of rotatable bonds is 5. The van der Waals surface area contributed by atoms with Gasteiger partial charge in [0.15, 0.2) is 5.11 Å². The van der Waals surface area contributed by atoms with Crippen LogP contribution in [0.3, 0.4) is 0 Å². The minimum absolute atomic E-state index is 0.242. The van der Waals surface area contributed by atoms with Crippen LogP contribution in [0, 0.1) is 19.7 Å². The highest BCUT2D eigenvalue weighted by atomic mass is 32.1. The number of anilines is 1. The fourth-order valence-electron chi connectivity index (χ4n) is 4.96. The third kappa shape index (κ3) is 4.03. The normalized spacial score (nSPS) is 17.2. The third-order valence-corrected chi connectivity index (χ3v) is 6.86. The van der Waals surface area contributed by atoms with Gasteiger partial charge >= 0.3 is 5.97 Å². The average molecular weight is 501 g/mol. The van der Waals surface area contributed by atoms with Crippen LogP contribution in [0.25, 0.3) is 5.69 Å². The highest BCUT2D eigenvalue weighted by Gasteiger charge is 2.42. The van der Waals surface area contributed by atoms with Crippen molar-refractivity contribution in [3.8, 4) is 5.69 Å². The lowest BCUT2D eigenvalue weighted by atomic mass is 9.96. The van der Waals surface area contributed by atoms with E-state index in [-0.39, 0.29) is 17.9 Å². The lowest BCUT2D eigenvalue weighted by Gasteiger charge is -2.28. The van der Waals surface area contributed by atoms with Crippen molar-refractivity contribution in [2.75, 3.05) is 12.0 Å². The van der Waals surface area contributed by atoms with Crippen LogP contribution in [0.4, 0.5) is 10.1 Å². The van der Waals surface area contributed by atoms with E-state index in [1.165, 1.54) is 19.2 Å². The van der Waals surface area contributed by atoms with Crippen molar-refractivity contribution < 1.29 is 13.9 Å². The molecule has 36 heavy (non-hydrogen) atoms.